The molecule has 0 N–H and O–H groups in total. The highest BCUT2D eigenvalue weighted by atomic mass is 35.5. The molecule has 0 saturated heterocycles. The predicted molar refractivity (Wildman–Crippen MR) is 64.6 cm³/mol. The van der Waals surface area contributed by atoms with E-state index in [1.807, 2.05) is 6.07 Å². The highest BCUT2D eigenvalue weighted by Gasteiger charge is 2.03. The van der Waals surface area contributed by atoms with E-state index in [2.05, 4.69) is 29.3 Å². The Kier molecular flexibility index (Phi) is 5.27. The van der Waals surface area contributed by atoms with Gasteiger partial charge in [0.2, 0.25) is 0 Å². The average molecular weight is 224 g/mol. The van der Waals surface area contributed by atoms with Crippen molar-refractivity contribution in [3.8, 4) is 0 Å². The van der Waals surface area contributed by atoms with Gasteiger partial charge < -0.3 is 0 Å². The van der Waals surface area contributed by atoms with E-state index < -0.39 is 0 Å². The number of benzene rings is 1. The van der Waals surface area contributed by atoms with Gasteiger partial charge >= 0.3 is 0 Å². The zero-order chi connectivity index (χ0) is 10.4. The molecule has 0 unspecified atom stereocenters. The highest BCUT2D eigenvalue weighted by Crippen LogP contribution is 2.12. The largest absolute Gasteiger partial charge is 0.122 e. The quantitative estimate of drug-likeness (QED) is 0.409. The molecule has 0 heterocycles. The van der Waals surface area contributed by atoms with Crippen LogP contribution in [-0.2, 0) is 12.3 Å². The van der Waals surface area contributed by atoms with Gasteiger partial charge in [-0.2, -0.15) is 0 Å². The van der Waals surface area contributed by atoms with E-state index in [9.17, 15) is 0 Å². The summed E-state index contributed by atoms with van der Waals surface area (Å²) in [5.41, 5.74) is 2.64. The molecule has 0 aliphatic rings. The van der Waals surface area contributed by atoms with Crippen molar-refractivity contribution in [2.45, 2.75) is 38.5 Å². The Labute approximate surface area is 95.1 Å². The molecule has 0 nitrogen and oxygen atoms in total. The summed E-state index contributed by atoms with van der Waals surface area (Å²) in [6.07, 6.45) is 4.94. The third-order valence-electron chi connectivity index (χ3n) is 2.45. The monoisotopic (exact) mass is 223 g/mol. The molecule has 0 aliphatic heterocycles. The van der Waals surface area contributed by atoms with E-state index in [1.54, 1.807) is 0 Å². The highest BCUT2D eigenvalue weighted by molar-refractivity contribution is 6.33. The van der Waals surface area contributed by atoms with E-state index in [0.29, 0.717) is 5.88 Å². The van der Waals surface area contributed by atoms with Crippen molar-refractivity contribution in [3.05, 3.63) is 29.3 Å². The third kappa shape index (κ3) is 3.14. The van der Waals surface area contributed by atoms with Crippen molar-refractivity contribution in [1.82, 2.24) is 0 Å². The van der Waals surface area contributed by atoms with Gasteiger partial charge in [-0.25, -0.2) is 0 Å². The average Bonchev–Trinajstić information content (AvgIpc) is 2.20. The van der Waals surface area contributed by atoms with E-state index >= 15 is 0 Å². The van der Waals surface area contributed by atoms with Crippen molar-refractivity contribution >= 4 is 27.0 Å². The first-order chi connectivity index (χ1) is 6.79. The molecule has 0 aliphatic carbocycles. The minimum absolute atomic E-state index is 0.611. The van der Waals surface area contributed by atoms with Crippen LogP contribution >= 0.6 is 11.6 Å². The lowest BCUT2D eigenvalue weighted by Gasteiger charge is -2.10. The summed E-state index contributed by atoms with van der Waals surface area (Å²) in [5, 5.41) is 1.19. The summed E-state index contributed by atoms with van der Waals surface area (Å²) in [7, 11) is 3.63. The molecule has 0 bridgehead atoms. The minimum atomic E-state index is 0.611. The summed E-state index contributed by atoms with van der Waals surface area (Å²) in [5.74, 6) is 0.611. The molecule has 0 saturated carbocycles. The van der Waals surface area contributed by atoms with Crippen molar-refractivity contribution in [2.75, 3.05) is 0 Å². The lowest BCUT2D eigenvalue weighted by Crippen LogP contribution is -2.12. The Morgan fingerprint density at radius 3 is 2.71 bits per heavy atom. The fourth-order valence-electron chi connectivity index (χ4n) is 1.61. The Morgan fingerprint density at radius 1 is 1.29 bits per heavy atom. The van der Waals surface area contributed by atoms with Gasteiger partial charge in [0.1, 0.15) is 0 Å². The Balaban J connectivity index is 2.72. The van der Waals surface area contributed by atoms with Gasteiger partial charge in [-0.15, -0.1) is 11.6 Å². The molecule has 1 aromatic rings. The fourth-order valence-corrected chi connectivity index (χ4v) is 2.24. The third-order valence-corrected chi connectivity index (χ3v) is 3.20. The van der Waals surface area contributed by atoms with Gasteiger partial charge in [-0.3, -0.25) is 0 Å². The van der Waals surface area contributed by atoms with Crippen molar-refractivity contribution in [2.24, 2.45) is 0 Å². The lowest BCUT2D eigenvalue weighted by molar-refractivity contribution is 0.717. The minimum Gasteiger partial charge on any atom is -0.122 e. The van der Waals surface area contributed by atoms with Crippen LogP contribution in [0.5, 0.6) is 0 Å². The first kappa shape index (κ1) is 11.8. The Bertz CT molecular complexity index is 284. The molecule has 1 aromatic carbocycles. The van der Waals surface area contributed by atoms with Crippen LogP contribution in [0, 0.1) is 0 Å². The number of hydrogen-bond donors (Lipinski definition) is 0. The molecule has 0 atom stereocenters. The summed E-state index contributed by atoms with van der Waals surface area (Å²) in [6.45, 7) is 2.22. The fraction of sp³-hybridized carbons (Fsp3) is 0.500. The molecule has 2 heteroatoms. The maximum atomic E-state index is 5.90. The first-order valence-corrected chi connectivity index (χ1v) is 6.21. The summed E-state index contributed by atoms with van der Waals surface area (Å²) in [6, 6.07) is 6.25. The van der Waals surface area contributed by atoms with E-state index in [1.165, 1.54) is 35.6 Å². The molecule has 0 fully saturated rings. The molecule has 14 heavy (non-hydrogen) atoms. The standard InChI is InChI=1S/C12H16ClSi/c1-2-3-4-7-11-10(9-13)6-5-8-12(11)14/h5-6,8H,2-4,7,9H2,1H3. The van der Waals surface area contributed by atoms with E-state index in [4.69, 9.17) is 11.6 Å². The number of hydrogen-bond acceptors (Lipinski definition) is 0. The van der Waals surface area contributed by atoms with Gasteiger partial charge in [0, 0.05) is 5.88 Å². The molecule has 3 radical (unpaired) electrons. The van der Waals surface area contributed by atoms with E-state index in [-0.39, 0.29) is 0 Å². The number of halogens is 1. The first-order valence-electron chi connectivity index (χ1n) is 5.18. The zero-order valence-corrected chi connectivity index (χ0v) is 10.4. The van der Waals surface area contributed by atoms with Crippen molar-refractivity contribution < 1.29 is 0 Å². The zero-order valence-electron chi connectivity index (χ0n) is 8.65. The number of unbranched alkanes of at least 4 members (excludes halogenated alkanes) is 2. The number of alkyl halides is 1. The van der Waals surface area contributed by atoms with Crippen LogP contribution in [0.1, 0.15) is 37.3 Å². The molecular weight excluding hydrogens is 208 g/mol. The van der Waals surface area contributed by atoms with Gasteiger partial charge in [-0.05, 0) is 24.0 Å². The molecule has 0 amide bonds. The van der Waals surface area contributed by atoms with Crippen LogP contribution in [0.3, 0.4) is 0 Å². The maximum absolute atomic E-state index is 5.90. The predicted octanol–water partition coefficient (Wildman–Crippen LogP) is 2.95. The summed E-state index contributed by atoms with van der Waals surface area (Å²) >= 11 is 5.90. The molecule has 0 spiro atoms. The van der Waals surface area contributed by atoms with Crippen LogP contribution in [0.15, 0.2) is 18.2 Å². The number of rotatable bonds is 5. The van der Waals surface area contributed by atoms with Crippen molar-refractivity contribution in [1.29, 1.82) is 0 Å². The molecule has 1 rings (SSSR count). The maximum Gasteiger partial charge on any atom is 0.0715 e. The second-order valence-electron chi connectivity index (χ2n) is 3.53. The van der Waals surface area contributed by atoms with Gasteiger partial charge in [0.15, 0.2) is 0 Å². The Hall–Kier alpha value is -0.273. The normalized spacial score (nSPS) is 10.5. The summed E-state index contributed by atoms with van der Waals surface area (Å²) in [4.78, 5) is 0. The molecule has 0 aromatic heterocycles. The topological polar surface area (TPSA) is 0 Å². The van der Waals surface area contributed by atoms with Crippen LogP contribution < -0.4 is 5.19 Å². The Morgan fingerprint density at radius 2 is 2.07 bits per heavy atom. The smallest absolute Gasteiger partial charge is 0.0715 e. The van der Waals surface area contributed by atoms with Crippen LogP contribution in [0.25, 0.3) is 0 Å². The molecule has 75 valence electrons. The van der Waals surface area contributed by atoms with Crippen molar-refractivity contribution in [3.63, 3.8) is 0 Å². The van der Waals surface area contributed by atoms with Crippen LogP contribution in [0.2, 0.25) is 0 Å². The van der Waals surface area contributed by atoms with Gasteiger partial charge in [0.05, 0.1) is 10.2 Å². The van der Waals surface area contributed by atoms with E-state index in [0.717, 1.165) is 6.42 Å². The lowest BCUT2D eigenvalue weighted by atomic mass is 10.0. The van der Waals surface area contributed by atoms with Gasteiger partial charge in [-0.1, -0.05) is 43.2 Å². The summed E-state index contributed by atoms with van der Waals surface area (Å²) < 4.78 is 0. The SMILES string of the molecule is CCCCCc1c([Si])cccc1CCl. The van der Waals surface area contributed by atoms with Gasteiger partial charge in [0.25, 0.3) is 0 Å². The second-order valence-corrected chi connectivity index (χ2v) is 4.34. The second kappa shape index (κ2) is 6.26. The van der Waals surface area contributed by atoms with Crippen LogP contribution in [0.4, 0.5) is 0 Å². The van der Waals surface area contributed by atoms with Crippen LogP contribution in [-0.4, -0.2) is 10.2 Å². The molecular formula is C12H16ClSi.